The number of nitrogens with two attached hydrogens (primary N) is 1. The number of primary amides is 1. The molecule has 3 rings (SSSR count). The summed E-state index contributed by atoms with van der Waals surface area (Å²) >= 11 is 0. The number of anilines is 1. The van der Waals surface area contributed by atoms with Crippen LogP contribution in [0.25, 0.3) is 17.1 Å². The largest absolute Gasteiger partial charge is 0.449 e. The number of alkyl halides is 1. The number of pyridine rings is 1. The van der Waals surface area contributed by atoms with Crippen LogP contribution in [0.1, 0.15) is 12.0 Å². The van der Waals surface area contributed by atoms with Gasteiger partial charge in [0.15, 0.2) is 0 Å². The standard InChI is InChI=1S/C18H22FN5O3/c19-4-1-9-27-18(26)24-7-5-23(6-8-24)14-10-15-13(2-3-16(20)25)11-21-17(15)22-12-14/h2-3,10-12H,1,4-9H2,(H2,20,25)(H,21,22)/b3-2+. The summed E-state index contributed by atoms with van der Waals surface area (Å²) < 4.78 is 17.1. The zero-order chi connectivity index (χ0) is 19.2. The molecule has 0 spiro atoms. The van der Waals surface area contributed by atoms with E-state index in [9.17, 15) is 14.0 Å². The Bertz CT molecular complexity index is 843. The maximum absolute atomic E-state index is 12.1. The molecule has 1 fully saturated rings. The van der Waals surface area contributed by atoms with Crippen molar-refractivity contribution in [2.45, 2.75) is 6.42 Å². The van der Waals surface area contributed by atoms with Crippen molar-refractivity contribution in [3.63, 3.8) is 0 Å². The van der Waals surface area contributed by atoms with Gasteiger partial charge in [-0.25, -0.2) is 9.78 Å². The third-order valence-corrected chi connectivity index (χ3v) is 4.38. The maximum Gasteiger partial charge on any atom is 0.409 e. The van der Waals surface area contributed by atoms with Gasteiger partial charge in [0.05, 0.1) is 25.2 Å². The van der Waals surface area contributed by atoms with Crippen LogP contribution in [-0.4, -0.2) is 66.3 Å². The van der Waals surface area contributed by atoms with Crippen molar-refractivity contribution < 1.29 is 18.7 Å². The van der Waals surface area contributed by atoms with E-state index in [1.807, 2.05) is 6.07 Å². The summed E-state index contributed by atoms with van der Waals surface area (Å²) in [6.45, 7) is 1.93. The van der Waals surface area contributed by atoms with Crippen molar-refractivity contribution in [1.82, 2.24) is 14.9 Å². The monoisotopic (exact) mass is 375 g/mol. The van der Waals surface area contributed by atoms with Crippen molar-refractivity contribution >= 4 is 34.8 Å². The number of carbonyl (C=O) groups excluding carboxylic acids is 2. The van der Waals surface area contributed by atoms with Crippen LogP contribution >= 0.6 is 0 Å². The number of amides is 2. The van der Waals surface area contributed by atoms with Crippen LogP contribution in [-0.2, 0) is 9.53 Å². The molecule has 0 aromatic carbocycles. The van der Waals surface area contributed by atoms with Gasteiger partial charge >= 0.3 is 6.09 Å². The molecular formula is C18H22FN5O3. The highest BCUT2D eigenvalue weighted by Gasteiger charge is 2.22. The van der Waals surface area contributed by atoms with Crippen molar-refractivity contribution in [3.8, 4) is 0 Å². The fraction of sp³-hybridized carbons (Fsp3) is 0.389. The first-order valence-electron chi connectivity index (χ1n) is 8.75. The van der Waals surface area contributed by atoms with Gasteiger partial charge in [0, 0.05) is 55.8 Å². The van der Waals surface area contributed by atoms with Crippen molar-refractivity contribution in [2.24, 2.45) is 5.73 Å². The van der Waals surface area contributed by atoms with Crippen LogP contribution in [0, 0.1) is 0 Å². The summed E-state index contributed by atoms with van der Waals surface area (Å²) in [6.07, 6.45) is 6.32. The van der Waals surface area contributed by atoms with Crippen molar-refractivity contribution in [1.29, 1.82) is 0 Å². The minimum absolute atomic E-state index is 0.102. The molecule has 9 heteroatoms. The van der Waals surface area contributed by atoms with Crippen LogP contribution in [0.5, 0.6) is 0 Å². The summed E-state index contributed by atoms with van der Waals surface area (Å²) in [5.41, 5.74) is 7.63. The molecule has 0 unspecified atom stereocenters. The number of fused-ring (bicyclic) bond motifs is 1. The van der Waals surface area contributed by atoms with Gasteiger partial charge in [0.2, 0.25) is 5.91 Å². The number of ether oxygens (including phenoxy) is 1. The summed E-state index contributed by atoms with van der Waals surface area (Å²) in [6, 6.07) is 1.99. The lowest BCUT2D eigenvalue weighted by Gasteiger charge is -2.35. The fourth-order valence-electron chi connectivity index (χ4n) is 2.95. The molecule has 8 nitrogen and oxygen atoms in total. The second-order valence-corrected chi connectivity index (χ2v) is 6.20. The Balaban J connectivity index is 1.65. The van der Waals surface area contributed by atoms with Gasteiger partial charge in [-0.3, -0.25) is 9.18 Å². The number of rotatable bonds is 6. The van der Waals surface area contributed by atoms with Gasteiger partial charge < -0.3 is 25.3 Å². The van der Waals surface area contributed by atoms with Crippen LogP contribution in [0.2, 0.25) is 0 Å². The Labute approximate surface area is 155 Å². The normalized spacial score (nSPS) is 14.9. The average Bonchev–Trinajstić information content (AvgIpc) is 3.09. The third-order valence-electron chi connectivity index (χ3n) is 4.38. The van der Waals surface area contributed by atoms with Gasteiger partial charge in [0.1, 0.15) is 5.65 Å². The number of aromatic amines is 1. The molecule has 2 aromatic heterocycles. The van der Waals surface area contributed by atoms with E-state index in [1.165, 1.54) is 6.08 Å². The maximum atomic E-state index is 12.1. The van der Waals surface area contributed by atoms with E-state index in [0.717, 1.165) is 22.3 Å². The summed E-state index contributed by atoms with van der Waals surface area (Å²) in [5.74, 6) is -0.511. The second-order valence-electron chi connectivity index (χ2n) is 6.20. The van der Waals surface area contributed by atoms with E-state index in [1.54, 1.807) is 23.4 Å². The number of hydrogen-bond acceptors (Lipinski definition) is 5. The number of nitrogens with zero attached hydrogens (tertiary/aromatic N) is 3. The van der Waals surface area contributed by atoms with Gasteiger partial charge in [-0.2, -0.15) is 0 Å². The molecule has 0 saturated carbocycles. The fourth-order valence-corrected chi connectivity index (χ4v) is 2.95. The van der Waals surface area contributed by atoms with E-state index in [4.69, 9.17) is 10.5 Å². The molecule has 3 heterocycles. The molecule has 3 N–H and O–H groups in total. The van der Waals surface area contributed by atoms with Crippen LogP contribution in [0.3, 0.4) is 0 Å². The topological polar surface area (TPSA) is 105 Å². The predicted octanol–water partition coefficient (Wildman–Crippen LogP) is 1.68. The minimum atomic E-state index is -0.511. The van der Waals surface area contributed by atoms with Gasteiger partial charge in [0.25, 0.3) is 0 Å². The first-order chi connectivity index (χ1) is 13.1. The Morgan fingerprint density at radius 1 is 1.33 bits per heavy atom. The number of H-pyrrole nitrogens is 1. The Morgan fingerprint density at radius 2 is 2.11 bits per heavy atom. The van der Waals surface area contributed by atoms with Crippen LogP contribution in [0.15, 0.2) is 24.5 Å². The lowest BCUT2D eigenvalue weighted by Crippen LogP contribution is -2.49. The molecule has 2 amide bonds. The number of halogens is 1. The Morgan fingerprint density at radius 3 is 2.81 bits per heavy atom. The number of nitrogens with one attached hydrogen (secondary N) is 1. The van der Waals surface area contributed by atoms with Crippen molar-refractivity contribution in [2.75, 3.05) is 44.4 Å². The molecule has 0 radical (unpaired) electrons. The van der Waals surface area contributed by atoms with Gasteiger partial charge in [-0.15, -0.1) is 0 Å². The molecule has 1 saturated heterocycles. The van der Waals surface area contributed by atoms with Gasteiger partial charge in [-0.1, -0.05) is 0 Å². The smallest absolute Gasteiger partial charge is 0.409 e. The third kappa shape index (κ3) is 4.55. The number of aromatic nitrogens is 2. The molecule has 1 aliphatic heterocycles. The van der Waals surface area contributed by atoms with Gasteiger partial charge in [-0.05, 0) is 12.1 Å². The van der Waals surface area contributed by atoms with Crippen LogP contribution < -0.4 is 10.6 Å². The molecule has 0 bridgehead atoms. The van der Waals surface area contributed by atoms with E-state index >= 15 is 0 Å². The molecule has 2 aromatic rings. The highest BCUT2D eigenvalue weighted by Crippen LogP contribution is 2.24. The van der Waals surface area contributed by atoms with Crippen LogP contribution in [0.4, 0.5) is 14.9 Å². The number of hydrogen-bond donors (Lipinski definition) is 2. The summed E-state index contributed by atoms with van der Waals surface area (Å²) in [7, 11) is 0. The lowest BCUT2D eigenvalue weighted by atomic mass is 10.2. The Hall–Kier alpha value is -3.10. The van der Waals surface area contributed by atoms with E-state index in [0.29, 0.717) is 26.2 Å². The SMILES string of the molecule is NC(=O)/C=C/c1c[nH]c2ncc(N3CCN(C(=O)OCCCF)CC3)cc12. The molecule has 0 atom stereocenters. The highest BCUT2D eigenvalue weighted by atomic mass is 19.1. The minimum Gasteiger partial charge on any atom is -0.449 e. The summed E-state index contributed by atoms with van der Waals surface area (Å²) in [5, 5.41) is 0.887. The molecule has 1 aliphatic rings. The van der Waals surface area contributed by atoms with E-state index in [2.05, 4.69) is 14.9 Å². The molecular weight excluding hydrogens is 353 g/mol. The molecule has 144 valence electrons. The number of carbonyl (C=O) groups is 2. The molecule has 27 heavy (non-hydrogen) atoms. The van der Waals surface area contributed by atoms with E-state index < -0.39 is 18.7 Å². The summed E-state index contributed by atoms with van der Waals surface area (Å²) in [4.78, 5) is 34.1. The zero-order valence-corrected chi connectivity index (χ0v) is 14.9. The zero-order valence-electron chi connectivity index (χ0n) is 14.9. The highest BCUT2D eigenvalue weighted by molar-refractivity contribution is 5.95. The average molecular weight is 375 g/mol. The predicted molar refractivity (Wildman–Crippen MR) is 100 cm³/mol. The van der Waals surface area contributed by atoms with Crippen molar-refractivity contribution in [3.05, 3.63) is 30.1 Å². The molecule has 0 aliphatic carbocycles. The Kier molecular flexibility index (Phi) is 5.90. The second kappa shape index (κ2) is 8.52. The first kappa shape index (κ1) is 18.7. The lowest BCUT2D eigenvalue weighted by molar-refractivity contribution is -0.113. The first-order valence-corrected chi connectivity index (χ1v) is 8.75. The number of piperazine rings is 1. The van der Waals surface area contributed by atoms with E-state index in [-0.39, 0.29) is 13.0 Å². The quantitative estimate of drug-likeness (QED) is 0.590.